The van der Waals surface area contributed by atoms with Gasteiger partial charge in [-0.2, -0.15) is 17.4 Å². The van der Waals surface area contributed by atoms with E-state index in [1.165, 1.54) is 4.31 Å². The molecule has 0 unspecified atom stereocenters. The zero-order valence-corrected chi connectivity index (χ0v) is 13.9. The van der Waals surface area contributed by atoms with Crippen molar-refractivity contribution in [2.75, 3.05) is 32.1 Å². The van der Waals surface area contributed by atoms with Crippen LogP contribution in [0, 0.1) is 6.92 Å². The maximum Gasteiger partial charge on any atom is 0.279 e. The fourth-order valence-corrected chi connectivity index (χ4v) is 3.38. The molecule has 22 heavy (non-hydrogen) atoms. The SMILES string of the molecule is CCN(C)S(=O)(=O)N[C@@H]1CCOC[C@@H]1Nc1ccnc(C)n1. The standard InChI is InChI=1S/C13H23N5O3S/c1-4-18(3)22(19,20)17-11-6-8-21-9-12(11)16-13-5-7-14-10(2)15-13/h5,7,11-12,17H,4,6,8-9H2,1-3H3,(H,14,15,16)/t11-,12+/m1/s1. The Hall–Kier alpha value is -1.29. The van der Waals surface area contributed by atoms with Crippen LogP contribution in [0.4, 0.5) is 5.82 Å². The lowest BCUT2D eigenvalue weighted by atomic mass is 10.1. The number of anilines is 1. The topological polar surface area (TPSA) is 96.5 Å². The summed E-state index contributed by atoms with van der Waals surface area (Å²) in [4.78, 5) is 8.33. The molecule has 1 saturated heterocycles. The lowest BCUT2D eigenvalue weighted by Gasteiger charge is -2.33. The van der Waals surface area contributed by atoms with E-state index in [1.807, 2.05) is 0 Å². The first-order valence-electron chi connectivity index (χ1n) is 7.30. The highest BCUT2D eigenvalue weighted by Crippen LogP contribution is 2.15. The molecule has 2 atom stereocenters. The molecule has 0 radical (unpaired) electrons. The van der Waals surface area contributed by atoms with E-state index in [9.17, 15) is 8.42 Å². The summed E-state index contributed by atoms with van der Waals surface area (Å²) in [6, 6.07) is 1.33. The molecule has 0 aliphatic carbocycles. The van der Waals surface area contributed by atoms with Gasteiger partial charge in [-0.3, -0.25) is 0 Å². The molecule has 0 spiro atoms. The van der Waals surface area contributed by atoms with Crippen molar-refractivity contribution in [3.63, 3.8) is 0 Å². The first-order chi connectivity index (χ1) is 10.4. The van der Waals surface area contributed by atoms with Crippen LogP contribution in [-0.2, 0) is 14.9 Å². The maximum absolute atomic E-state index is 12.2. The van der Waals surface area contributed by atoms with Gasteiger partial charge in [0, 0.05) is 32.4 Å². The molecular formula is C13H23N5O3S. The highest BCUT2D eigenvalue weighted by molar-refractivity contribution is 7.87. The molecule has 0 aromatic carbocycles. The molecule has 8 nitrogen and oxygen atoms in total. The van der Waals surface area contributed by atoms with E-state index in [2.05, 4.69) is 20.0 Å². The maximum atomic E-state index is 12.2. The number of hydrogen-bond donors (Lipinski definition) is 2. The number of aromatic nitrogens is 2. The van der Waals surface area contributed by atoms with Crippen LogP contribution < -0.4 is 10.0 Å². The van der Waals surface area contributed by atoms with Gasteiger partial charge in [-0.1, -0.05) is 6.92 Å². The van der Waals surface area contributed by atoms with Crippen LogP contribution in [0.3, 0.4) is 0 Å². The van der Waals surface area contributed by atoms with E-state index < -0.39 is 10.2 Å². The minimum Gasteiger partial charge on any atom is -0.379 e. The van der Waals surface area contributed by atoms with Gasteiger partial charge in [0.25, 0.3) is 10.2 Å². The van der Waals surface area contributed by atoms with Gasteiger partial charge in [-0.05, 0) is 19.4 Å². The molecule has 2 heterocycles. The average Bonchev–Trinajstić information content (AvgIpc) is 2.48. The van der Waals surface area contributed by atoms with E-state index >= 15 is 0 Å². The summed E-state index contributed by atoms with van der Waals surface area (Å²) in [6.45, 7) is 4.97. The number of nitrogens with zero attached hydrogens (tertiary/aromatic N) is 3. The Morgan fingerprint density at radius 1 is 1.45 bits per heavy atom. The van der Waals surface area contributed by atoms with Crippen molar-refractivity contribution in [3.05, 3.63) is 18.1 Å². The number of rotatable bonds is 6. The van der Waals surface area contributed by atoms with Gasteiger partial charge in [0.05, 0.1) is 12.6 Å². The Labute approximate surface area is 131 Å². The van der Waals surface area contributed by atoms with Crippen LogP contribution in [0.1, 0.15) is 19.2 Å². The van der Waals surface area contributed by atoms with Crippen molar-refractivity contribution in [1.29, 1.82) is 0 Å². The zero-order chi connectivity index (χ0) is 16.2. The molecule has 0 bridgehead atoms. The first-order valence-corrected chi connectivity index (χ1v) is 8.74. The molecule has 1 aromatic rings. The summed E-state index contributed by atoms with van der Waals surface area (Å²) in [5.41, 5.74) is 0. The highest BCUT2D eigenvalue weighted by atomic mass is 32.2. The minimum atomic E-state index is -3.49. The second-order valence-corrected chi connectivity index (χ2v) is 7.06. The highest BCUT2D eigenvalue weighted by Gasteiger charge is 2.31. The number of ether oxygens (including phenoxy) is 1. The Morgan fingerprint density at radius 3 is 2.91 bits per heavy atom. The number of aryl methyl sites for hydroxylation is 1. The van der Waals surface area contributed by atoms with Gasteiger partial charge in [0.1, 0.15) is 11.6 Å². The van der Waals surface area contributed by atoms with Crippen molar-refractivity contribution in [1.82, 2.24) is 19.0 Å². The van der Waals surface area contributed by atoms with Gasteiger partial charge < -0.3 is 10.1 Å². The van der Waals surface area contributed by atoms with Crippen LogP contribution in [-0.4, -0.2) is 61.6 Å². The second-order valence-electron chi connectivity index (χ2n) is 5.25. The molecule has 1 aromatic heterocycles. The van der Waals surface area contributed by atoms with Crippen molar-refractivity contribution in [2.45, 2.75) is 32.4 Å². The smallest absolute Gasteiger partial charge is 0.279 e. The Bertz CT molecular complexity index is 595. The monoisotopic (exact) mass is 329 g/mol. The fraction of sp³-hybridized carbons (Fsp3) is 0.692. The molecule has 0 amide bonds. The van der Waals surface area contributed by atoms with E-state index in [0.717, 1.165) is 0 Å². The normalized spacial score (nSPS) is 22.7. The Balaban J connectivity index is 2.08. The minimum absolute atomic E-state index is 0.178. The molecule has 0 saturated carbocycles. The van der Waals surface area contributed by atoms with Gasteiger partial charge in [-0.15, -0.1) is 0 Å². The number of nitrogens with one attached hydrogen (secondary N) is 2. The quantitative estimate of drug-likeness (QED) is 0.771. The van der Waals surface area contributed by atoms with Crippen LogP contribution in [0.5, 0.6) is 0 Å². The molecule has 1 aliphatic heterocycles. The van der Waals surface area contributed by atoms with Crippen molar-refractivity contribution in [3.8, 4) is 0 Å². The summed E-state index contributed by atoms with van der Waals surface area (Å²) in [5, 5.41) is 3.23. The third-order valence-corrected chi connectivity index (χ3v) is 5.30. The van der Waals surface area contributed by atoms with E-state index in [0.29, 0.717) is 37.8 Å². The lowest BCUT2D eigenvalue weighted by molar-refractivity contribution is 0.0727. The average molecular weight is 329 g/mol. The third-order valence-electron chi connectivity index (χ3n) is 3.62. The lowest BCUT2D eigenvalue weighted by Crippen LogP contribution is -2.54. The summed E-state index contributed by atoms with van der Waals surface area (Å²) < 4.78 is 33.9. The first kappa shape index (κ1) is 17.1. The largest absolute Gasteiger partial charge is 0.379 e. The molecular weight excluding hydrogens is 306 g/mol. The van der Waals surface area contributed by atoms with Crippen LogP contribution in [0.2, 0.25) is 0 Å². The molecule has 2 rings (SSSR count). The molecule has 9 heteroatoms. The fourth-order valence-electron chi connectivity index (χ4n) is 2.20. The zero-order valence-electron chi connectivity index (χ0n) is 13.1. The Kier molecular flexibility index (Phi) is 5.68. The Morgan fingerprint density at radius 2 is 2.23 bits per heavy atom. The predicted octanol–water partition coefficient (Wildman–Crippen LogP) is 0.141. The van der Waals surface area contributed by atoms with E-state index in [1.54, 1.807) is 33.2 Å². The van der Waals surface area contributed by atoms with Crippen molar-refractivity contribution in [2.24, 2.45) is 0 Å². The molecule has 1 aliphatic rings. The van der Waals surface area contributed by atoms with Crippen LogP contribution in [0.15, 0.2) is 12.3 Å². The van der Waals surface area contributed by atoms with Gasteiger partial charge in [0.2, 0.25) is 0 Å². The number of hydrogen-bond acceptors (Lipinski definition) is 6. The summed E-state index contributed by atoms with van der Waals surface area (Å²) in [6.07, 6.45) is 2.27. The van der Waals surface area contributed by atoms with Gasteiger partial charge in [0.15, 0.2) is 0 Å². The molecule has 124 valence electrons. The summed E-state index contributed by atoms with van der Waals surface area (Å²) in [7, 11) is -1.93. The third kappa shape index (κ3) is 4.35. The van der Waals surface area contributed by atoms with Gasteiger partial charge >= 0.3 is 0 Å². The predicted molar refractivity (Wildman–Crippen MR) is 83.8 cm³/mol. The second kappa shape index (κ2) is 7.32. The summed E-state index contributed by atoms with van der Waals surface area (Å²) >= 11 is 0. The van der Waals surface area contributed by atoms with Crippen molar-refractivity contribution < 1.29 is 13.2 Å². The van der Waals surface area contributed by atoms with E-state index in [4.69, 9.17) is 4.74 Å². The van der Waals surface area contributed by atoms with Gasteiger partial charge in [-0.25, -0.2) is 9.97 Å². The van der Waals surface area contributed by atoms with Crippen molar-refractivity contribution >= 4 is 16.0 Å². The van der Waals surface area contributed by atoms with Crippen LogP contribution >= 0.6 is 0 Å². The van der Waals surface area contributed by atoms with E-state index in [-0.39, 0.29) is 12.1 Å². The summed E-state index contributed by atoms with van der Waals surface area (Å²) in [5.74, 6) is 1.32. The molecule has 1 fully saturated rings. The molecule has 2 N–H and O–H groups in total. The van der Waals surface area contributed by atoms with Crippen LogP contribution in [0.25, 0.3) is 0 Å².